The number of nitrogens with zero attached hydrogens (tertiary/aromatic N) is 5. The van der Waals surface area contributed by atoms with Crippen LogP contribution < -0.4 is 26.2 Å². The van der Waals surface area contributed by atoms with E-state index >= 15 is 0 Å². The molecule has 1 fully saturated rings. The summed E-state index contributed by atoms with van der Waals surface area (Å²) >= 11 is 0. The lowest BCUT2D eigenvalue weighted by Gasteiger charge is -2.31. The number of hydrazine groups is 2. The fourth-order valence-corrected chi connectivity index (χ4v) is 4.88. The Morgan fingerprint density at radius 3 is 2.44 bits per heavy atom. The Bertz CT molecular complexity index is 1440. The lowest BCUT2D eigenvalue weighted by Crippen LogP contribution is -2.36. The van der Waals surface area contributed by atoms with Crippen molar-refractivity contribution in [3.05, 3.63) is 70.4 Å². The number of rotatable bonds is 5. The van der Waals surface area contributed by atoms with E-state index in [1.165, 1.54) is 12.3 Å². The first-order valence-electron chi connectivity index (χ1n) is 12.8. The zero-order chi connectivity index (χ0) is 27.9. The van der Waals surface area contributed by atoms with Crippen LogP contribution in [0.4, 0.5) is 30.2 Å². The minimum Gasteiger partial charge on any atom is -0.371 e. The van der Waals surface area contributed by atoms with Crippen LogP contribution in [0.15, 0.2) is 36.8 Å². The van der Waals surface area contributed by atoms with Crippen molar-refractivity contribution in [2.45, 2.75) is 46.2 Å². The van der Waals surface area contributed by atoms with E-state index in [9.17, 15) is 18.0 Å². The molecule has 1 saturated heterocycles. The predicted octanol–water partition coefficient (Wildman–Crippen LogP) is 4.83. The van der Waals surface area contributed by atoms with E-state index < -0.39 is 17.6 Å². The van der Waals surface area contributed by atoms with Crippen molar-refractivity contribution in [3.63, 3.8) is 0 Å². The molecule has 4 heterocycles. The van der Waals surface area contributed by atoms with Crippen molar-refractivity contribution < 1.29 is 18.0 Å². The molecular formula is C27H31F3N8O. The lowest BCUT2D eigenvalue weighted by atomic mass is 10.0. The summed E-state index contributed by atoms with van der Waals surface area (Å²) in [5.74, 6) is -0.546. The van der Waals surface area contributed by atoms with Gasteiger partial charge in [0.2, 0.25) is 0 Å². The molecule has 9 nitrogen and oxygen atoms in total. The van der Waals surface area contributed by atoms with Crippen LogP contribution >= 0.6 is 0 Å². The summed E-state index contributed by atoms with van der Waals surface area (Å²) in [6.07, 6.45) is 3.36. The van der Waals surface area contributed by atoms with Gasteiger partial charge in [0.25, 0.3) is 5.91 Å². The number of halogens is 3. The number of hydrogen-bond donors (Lipinski definition) is 3. The first-order chi connectivity index (χ1) is 18.5. The SMILES string of the molecule is Cc1ncc(C(=O)Nc2cc(C(F)(F)F)cc(N3CCCCC3)c2C)cc1N1C=C(c2cnn(C)c2C)NN1. The molecule has 39 heavy (non-hydrogen) atoms. The summed E-state index contributed by atoms with van der Waals surface area (Å²) in [5.41, 5.74) is 10.7. The van der Waals surface area contributed by atoms with Gasteiger partial charge in [-0.3, -0.25) is 19.5 Å². The normalized spacial score (nSPS) is 15.8. The van der Waals surface area contributed by atoms with E-state index in [0.29, 0.717) is 35.7 Å². The molecule has 1 aromatic carbocycles. The third-order valence-electron chi connectivity index (χ3n) is 7.33. The summed E-state index contributed by atoms with van der Waals surface area (Å²) in [6.45, 7) is 6.88. The molecule has 3 aromatic rings. The number of carbonyl (C=O) groups is 1. The number of benzene rings is 1. The van der Waals surface area contributed by atoms with Gasteiger partial charge in [0.1, 0.15) is 0 Å². The monoisotopic (exact) mass is 540 g/mol. The highest BCUT2D eigenvalue weighted by Gasteiger charge is 2.33. The van der Waals surface area contributed by atoms with Crippen molar-refractivity contribution in [1.82, 2.24) is 25.7 Å². The van der Waals surface area contributed by atoms with E-state index in [1.54, 1.807) is 28.9 Å². The highest BCUT2D eigenvalue weighted by atomic mass is 19.4. The van der Waals surface area contributed by atoms with Gasteiger partial charge in [0, 0.05) is 55.2 Å². The number of aryl methyl sites for hydroxylation is 2. The predicted molar refractivity (Wildman–Crippen MR) is 144 cm³/mol. The number of nitrogens with one attached hydrogen (secondary N) is 3. The molecule has 0 bridgehead atoms. The Morgan fingerprint density at radius 2 is 1.77 bits per heavy atom. The summed E-state index contributed by atoms with van der Waals surface area (Å²) in [5, 5.41) is 8.68. The van der Waals surface area contributed by atoms with Crippen LogP contribution in [0.2, 0.25) is 0 Å². The third-order valence-corrected chi connectivity index (χ3v) is 7.33. The van der Waals surface area contributed by atoms with Gasteiger partial charge < -0.3 is 15.6 Å². The number of aromatic nitrogens is 3. The first-order valence-corrected chi connectivity index (χ1v) is 12.8. The minimum atomic E-state index is -4.54. The number of alkyl halides is 3. The molecule has 0 aliphatic carbocycles. The van der Waals surface area contributed by atoms with Crippen LogP contribution in [0.5, 0.6) is 0 Å². The fraction of sp³-hybridized carbons (Fsp3) is 0.370. The van der Waals surface area contributed by atoms with Crippen molar-refractivity contribution >= 4 is 28.7 Å². The third kappa shape index (κ3) is 5.29. The van der Waals surface area contributed by atoms with E-state index in [4.69, 9.17) is 0 Å². The standard InChI is InChI=1S/C27H31F3N8O/c1-16-22(11-20(27(28,29)30)12-24(16)37-8-6-5-7-9-37)33-26(39)19-10-25(17(2)31-13-19)38-15-23(34-35-38)21-14-32-36(4)18(21)3/h10-15,34-35H,5-9H2,1-4H3,(H,33,39). The van der Waals surface area contributed by atoms with Crippen LogP contribution in [-0.4, -0.2) is 33.8 Å². The summed E-state index contributed by atoms with van der Waals surface area (Å²) in [7, 11) is 1.86. The van der Waals surface area contributed by atoms with Gasteiger partial charge in [-0.05, 0) is 63.8 Å². The molecule has 12 heteroatoms. The molecule has 0 atom stereocenters. The minimum absolute atomic E-state index is 0.132. The van der Waals surface area contributed by atoms with Gasteiger partial charge in [0.05, 0.1) is 34.4 Å². The molecule has 2 aliphatic heterocycles. The number of pyridine rings is 1. The van der Waals surface area contributed by atoms with Gasteiger partial charge in [-0.2, -0.15) is 18.3 Å². The summed E-state index contributed by atoms with van der Waals surface area (Å²) < 4.78 is 43.1. The average molecular weight is 541 g/mol. The van der Waals surface area contributed by atoms with E-state index in [1.807, 2.05) is 32.0 Å². The summed E-state index contributed by atoms with van der Waals surface area (Å²) in [6, 6.07) is 3.83. The Labute approximate surface area is 224 Å². The van der Waals surface area contributed by atoms with E-state index in [2.05, 4.69) is 26.4 Å². The number of piperidine rings is 1. The number of amides is 1. The zero-order valence-electron chi connectivity index (χ0n) is 22.3. The van der Waals surface area contributed by atoms with Crippen LogP contribution in [0.25, 0.3) is 5.70 Å². The van der Waals surface area contributed by atoms with Crippen molar-refractivity contribution in [3.8, 4) is 0 Å². The topological polar surface area (TPSA) is 90.4 Å². The van der Waals surface area contributed by atoms with Gasteiger partial charge >= 0.3 is 6.18 Å². The second-order valence-electron chi connectivity index (χ2n) is 9.91. The smallest absolute Gasteiger partial charge is 0.371 e. The molecule has 1 amide bonds. The maximum atomic E-state index is 13.8. The van der Waals surface area contributed by atoms with Gasteiger partial charge in [0.15, 0.2) is 0 Å². The maximum Gasteiger partial charge on any atom is 0.416 e. The van der Waals surface area contributed by atoms with Crippen molar-refractivity contribution in [2.24, 2.45) is 7.05 Å². The van der Waals surface area contributed by atoms with Gasteiger partial charge in [-0.25, -0.2) is 0 Å². The molecule has 2 aromatic heterocycles. The second kappa shape index (κ2) is 10.3. The Morgan fingerprint density at radius 1 is 1.03 bits per heavy atom. The van der Waals surface area contributed by atoms with Crippen molar-refractivity contribution in [1.29, 1.82) is 0 Å². The molecular weight excluding hydrogens is 509 g/mol. The van der Waals surface area contributed by atoms with Gasteiger partial charge in [-0.1, -0.05) is 0 Å². The number of anilines is 3. The lowest BCUT2D eigenvalue weighted by molar-refractivity contribution is -0.137. The van der Waals surface area contributed by atoms with E-state index in [-0.39, 0.29) is 11.3 Å². The average Bonchev–Trinajstić information content (AvgIpc) is 3.52. The highest BCUT2D eigenvalue weighted by Crippen LogP contribution is 2.38. The quantitative estimate of drug-likeness (QED) is 0.427. The molecule has 0 spiro atoms. The largest absolute Gasteiger partial charge is 0.416 e. The van der Waals surface area contributed by atoms with Gasteiger partial charge in [-0.15, -0.1) is 5.53 Å². The molecule has 0 saturated carbocycles. The molecule has 5 rings (SSSR count). The van der Waals surface area contributed by atoms with Crippen LogP contribution in [-0.2, 0) is 13.2 Å². The zero-order valence-corrected chi connectivity index (χ0v) is 22.3. The second-order valence-corrected chi connectivity index (χ2v) is 9.91. The van der Waals surface area contributed by atoms with Crippen LogP contribution in [0, 0.1) is 20.8 Å². The van der Waals surface area contributed by atoms with Crippen LogP contribution in [0.3, 0.4) is 0 Å². The Balaban J connectivity index is 1.43. The molecule has 206 valence electrons. The Hall–Kier alpha value is -4.06. The Kier molecular flexibility index (Phi) is 6.98. The van der Waals surface area contributed by atoms with E-state index in [0.717, 1.165) is 42.3 Å². The molecule has 0 radical (unpaired) electrons. The fourth-order valence-electron chi connectivity index (χ4n) is 4.88. The first kappa shape index (κ1) is 26.5. The molecule has 0 unspecified atom stereocenters. The highest BCUT2D eigenvalue weighted by molar-refractivity contribution is 6.05. The number of carbonyl (C=O) groups excluding carboxylic acids is 1. The van der Waals surface area contributed by atoms with Crippen molar-refractivity contribution in [2.75, 3.05) is 28.3 Å². The molecule has 3 N–H and O–H groups in total. The summed E-state index contributed by atoms with van der Waals surface area (Å²) in [4.78, 5) is 19.6. The molecule has 2 aliphatic rings. The van der Waals surface area contributed by atoms with Crippen LogP contribution in [0.1, 0.15) is 57.7 Å². The number of hydrogen-bond acceptors (Lipinski definition) is 7. The maximum absolute atomic E-state index is 13.8.